The molecule has 0 heterocycles. The zero-order valence-electron chi connectivity index (χ0n) is 12.9. The van der Waals surface area contributed by atoms with Crippen molar-refractivity contribution >= 4 is 5.69 Å². The maximum Gasteiger partial charge on any atom is 0.311 e. The van der Waals surface area contributed by atoms with Gasteiger partial charge in [-0.3, -0.25) is 10.1 Å². The first kappa shape index (κ1) is 17.4. The summed E-state index contributed by atoms with van der Waals surface area (Å²) in [6.45, 7) is 8.94. The number of nitrogens with one attached hydrogen (secondary N) is 1. The highest BCUT2D eigenvalue weighted by molar-refractivity contribution is 5.48. The molecule has 0 radical (unpaired) electrons. The second kappa shape index (κ2) is 9.31. The van der Waals surface area contributed by atoms with Gasteiger partial charge in [-0.05, 0) is 31.0 Å². The highest BCUT2D eigenvalue weighted by Gasteiger charge is 2.15. The minimum Gasteiger partial charge on any atom is -0.484 e. The van der Waals surface area contributed by atoms with E-state index in [2.05, 4.69) is 19.2 Å². The molecule has 1 aromatic rings. The summed E-state index contributed by atoms with van der Waals surface area (Å²) in [7, 11) is 0. The van der Waals surface area contributed by atoms with Crippen LogP contribution in [0.1, 0.15) is 26.3 Å². The fourth-order valence-electron chi connectivity index (χ4n) is 1.80. The third-order valence-electron chi connectivity index (χ3n) is 2.79. The van der Waals surface area contributed by atoms with Crippen LogP contribution in [-0.2, 0) is 11.3 Å². The molecule has 1 aromatic carbocycles. The van der Waals surface area contributed by atoms with Gasteiger partial charge in [-0.25, -0.2) is 0 Å². The van der Waals surface area contributed by atoms with Crippen molar-refractivity contribution in [2.45, 2.75) is 27.3 Å². The molecule has 0 spiro atoms. The van der Waals surface area contributed by atoms with Crippen LogP contribution >= 0.6 is 0 Å². The number of nitrogens with zero attached hydrogens (tertiary/aromatic N) is 1. The monoisotopic (exact) mass is 296 g/mol. The van der Waals surface area contributed by atoms with E-state index in [0.29, 0.717) is 32.3 Å². The molecule has 0 aliphatic rings. The molecule has 6 heteroatoms. The molecule has 0 bridgehead atoms. The predicted octanol–water partition coefficient (Wildman–Crippen LogP) is 2.76. The molecule has 6 nitrogen and oxygen atoms in total. The van der Waals surface area contributed by atoms with Gasteiger partial charge in [0.15, 0.2) is 5.75 Å². The standard InChI is InChI=1S/C15H24N2O4/c1-4-20-7-8-21-15-6-5-13(9-14(15)17(18)19)11-16-10-12(2)3/h5-6,9,12,16H,4,7-8,10-11H2,1-3H3. The fourth-order valence-corrected chi connectivity index (χ4v) is 1.80. The van der Waals surface area contributed by atoms with Crippen LogP contribution < -0.4 is 10.1 Å². The van der Waals surface area contributed by atoms with Gasteiger partial charge in [-0.15, -0.1) is 0 Å². The van der Waals surface area contributed by atoms with E-state index in [4.69, 9.17) is 9.47 Å². The molecule has 118 valence electrons. The molecule has 0 aliphatic heterocycles. The number of hydrogen-bond acceptors (Lipinski definition) is 5. The summed E-state index contributed by atoms with van der Waals surface area (Å²) < 4.78 is 10.6. The molecule has 0 saturated heterocycles. The van der Waals surface area contributed by atoms with E-state index in [1.54, 1.807) is 12.1 Å². The zero-order valence-corrected chi connectivity index (χ0v) is 12.9. The van der Waals surface area contributed by atoms with Gasteiger partial charge in [0.25, 0.3) is 0 Å². The molecule has 1 rings (SSSR count). The minimum atomic E-state index is -0.415. The van der Waals surface area contributed by atoms with Gasteiger partial charge < -0.3 is 14.8 Å². The number of benzene rings is 1. The average Bonchev–Trinajstić information content (AvgIpc) is 2.44. The van der Waals surface area contributed by atoms with Gasteiger partial charge in [0.1, 0.15) is 6.61 Å². The maximum absolute atomic E-state index is 11.1. The van der Waals surface area contributed by atoms with E-state index >= 15 is 0 Å². The first-order valence-electron chi connectivity index (χ1n) is 7.23. The molecular formula is C15H24N2O4. The van der Waals surface area contributed by atoms with Crippen LogP contribution in [0, 0.1) is 16.0 Å². The first-order valence-corrected chi connectivity index (χ1v) is 7.23. The number of ether oxygens (including phenoxy) is 2. The Bertz CT molecular complexity index is 449. The molecule has 0 fully saturated rings. The number of nitro groups is 1. The first-order chi connectivity index (χ1) is 10.0. The lowest BCUT2D eigenvalue weighted by Gasteiger charge is -2.10. The van der Waals surface area contributed by atoms with Crippen molar-refractivity contribution in [2.24, 2.45) is 5.92 Å². The van der Waals surface area contributed by atoms with Crippen LogP contribution in [0.5, 0.6) is 5.75 Å². The Morgan fingerprint density at radius 1 is 1.33 bits per heavy atom. The third kappa shape index (κ3) is 6.55. The van der Waals surface area contributed by atoms with Crippen molar-refractivity contribution in [3.8, 4) is 5.75 Å². The van der Waals surface area contributed by atoms with Crippen molar-refractivity contribution in [3.05, 3.63) is 33.9 Å². The van der Waals surface area contributed by atoms with Crippen LogP contribution in [0.25, 0.3) is 0 Å². The van der Waals surface area contributed by atoms with E-state index < -0.39 is 4.92 Å². The molecule has 0 amide bonds. The molecule has 0 aromatic heterocycles. The fraction of sp³-hybridized carbons (Fsp3) is 0.600. The summed E-state index contributed by atoms with van der Waals surface area (Å²) in [6.07, 6.45) is 0. The molecule has 0 aliphatic carbocycles. The summed E-state index contributed by atoms with van der Waals surface area (Å²) in [5.41, 5.74) is 0.870. The van der Waals surface area contributed by atoms with E-state index in [0.717, 1.165) is 12.1 Å². The van der Waals surface area contributed by atoms with E-state index in [9.17, 15) is 10.1 Å². The van der Waals surface area contributed by atoms with Gasteiger partial charge in [0.2, 0.25) is 0 Å². The van der Waals surface area contributed by atoms with E-state index in [1.807, 2.05) is 13.0 Å². The Morgan fingerprint density at radius 2 is 2.10 bits per heavy atom. The number of rotatable bonds is 10. The van der Waals surface area contributed by atoms with E-state index in [-0.39, 0.29) is 11.4 Å². The SMILES string of the molecule is CCOCCOc1ccc(CNCC(C)C)cc1[N+](=O)[O-]. The Kier molecular flexibility index (Phi) is 7.71. The third-order valence-corrected chi connectivity index (χ3v) is 2.79. The van der Waals surface area contributed by atoms with Crippen LogP contribution in [0.4, 0.5) is 5.69 Å². The summed E-state index contributed by atoms with van der Waals surface area (Å²) in [5.74, 6) is 0.827. The van der Waals surface area contributed by atoms with E-state index in [1.165, 1.54) is 0 Å². The summed E-state index contributed by atoms with van der Waals surface area (Å²) in [4.78, 5) is 10.7. The second-order valence-corrected chi connectivity index (χ2v) is 5.13. The number of hydrogen-bond donors (Lipinski definition) is 1. The van der Waals surface area contributed by atoms with Crippen LogP contribution in [0.15, 0.2) is 18.2 Å². The normalized spacial score (nSPS) is 10.9. The lowest BCUT2D eigenvalue weighted by atomic mass is 10.1. The Hall–Kier alpha value is -1.66. The number of nitro benzene ring substituents is 1. The molecule has 0 saturated carbocycles. The quantitative estimate of drug-likeness (QED) is 0.408. The van der Waals surface area contributed by atoms with Gasteiger partial charge in [0, 0.05) is 19.2 Å². The van der Waals surface area contributed by atoms with Crippen LogP contribution in [-0.4, -0.2) is 31.3 Å². The second-order valence-electron chi connectivity index (χ2n) is 5.13. The Labute approximate surface area is 125 Å². The molecule has 0 unspecified atom stereocenters. The van der Waals surface area contributed by atoms with Gasteiger partial charge in [-0.1, -0.05) is 19.9 Å². The summed E-state index contributed by atoms with van der Waals surface area (Å²) >= 11 is 0. The molecule has 1 N–H and O–H groups in total. The Balaban J connectivity index is 2.65. The minimum absolute atomic E-state index is 0.00431. The zero-order chi connectivity index (χ0) is 15.7. The maximum atomic E-state index is 11.1. The van der Waals surface area contributed by atoms with Crippen molar-refractivity contribution in [3.63, 3.8) is 0 Å². The highest BCUT2D eigenvalue weighted by Crippen LogP contribution is 2.27. The average molecular weight is 296 g/mol. The summed E-state index contributed by atoms with van der Waals surface area (Å²) in [5, 5.41) is 14.4. The lowest BCUT2D eigenvalue weighted by molar-refractivity contribution is -0.386. The predicted molar refractivity (Wildman–Crippen MR) is 81.6 cm³/mol. The molecule has 0 atom stereocenters. The van der Waals surface area contributed by atoms with Crippen molar-refractivity contribution in [2.75, 3.05) is 26.4 Å². The lowest BCUT2D eigenvalue weighted by Crippen LogP contribution is -2.19. The van der Waals surface area contributed by atoms with Crippen LogP contribution in [0.3, 0.4) is 0 Å². The van der Waals surface area contributed by atoms with Crippen molar-refractivity contribution < 1.29 is 14.4 Å². The van der Waals surface area contributed by atoms with Crippen molar-refractivity contribution in [1.29, 1.82) is 0 Å². The molecular weight excluding hydrogens is 272 g/mol. The smallest absolute Gasteiger partial charge is 0.311 e. The Morgan fingerprint density at radius 3 is 2.71 bits per heavy atom. The largest absolute Gasteiger partial charge is 0.484 e. The van der Waals surface area contributed by atoms with Crippen molar-refractivity contribution in [1.82, 2.24) is 5.32 Å². The summed E-state index contributed by atoms with van der Waals surface area (Å²) in [6, 6.07) is 5.05. The molecule has 21 heavy (non-hydrogen) atoms. The van der Waals surface area contributed by atoms with Gasteiger partial charge in [0.05, 0.1) is 11.5 Å². The van der Waals surface area contributed by atoms with Gasteiger partial charge in [-0.2, -0.15) is 0 Å². The highest BCUT2D eigenvalue weighted by atomic mass is 16.6. The van der Waals surface area contributed by atoms with Crippen LogP contribution in [0.2, 0.25) is 0 Å². The van der Waals surface area contributed by atoms with Gasteiger partial charge >= 0.3 is 5.69 Å². The topological polar surface area (TPSA) is 73.6 Å².